The Morgan fingerprint density at radius 3 is 2.47 bits per heavy atom. The van der Waals surface area contributed by atoms with Gasteiger partial charge >= 0.3 is 6.18 Å². The Kier molecular flexibility index (Phi) is 3.71. The van der Waals surface area contributed by atoms with E-state index in [0.29, 0.717) is 4.47 Å². The number of alkyl halides is 3. The second-order valence-electron chi connectivity index (χ2n) is 3.80. The summed E-state index contributed by atoms with van der Waals surface area (Å²) in [5.74, 6) is -0.500. The fraction of sp³-hybridized carbons (Fsp3) is 0.0769. The van der Waals surface area contributed by atoms with E-state index in [1.807, 2.05) is 0 Å². The van der Waals surface area contributed by atoms with Gasteiger partial charge in [0.1, 0.15) is 0 Å². The molecule has 19 heavy (non-hydrogen) atoms. The molecule has 0 aliphatic heterocycles. The van der Waals surface area contributed by atoms with Crippen LogP contribution in [0.15, 0.2) is 47.2 Å². The molecular formula is C13H7BrF3NO. The molecule has 98 valence electrons. The molecule has 0 spiro atoms. The van der Waals surface area contributed by atoms with Crippen LogP contribution in [0.5, 0.6) is 0 Å². The van der Waals surface area contributed by atoms with Gasteiger partial charge in [-0.05, 0) is 34.1 Å². The molecule has 0 aliphatic carbocycles. The summed E-state index contributed by atoms with van der Waals surface area (Å²) in [7, 11) is 0. The molecule has 0 aliphatic rings. The van der Waals surface area contributed by atoms with Crippen molar-refractivity contribution in [1.29, 1.82) is 0 Å². The van der Waals surface area contributed by atoms with E-state index >= 15 is 0 Å². The summed E-state index contributed by atoms with van der Waals surface area (Å²) in [6.45, 7) is 0. The molecule has 0 unspecified atom stereocenters. The van der Waals surface area contributed by atoms with E-state index in [4.69, 9.17) is 0 Å². The van der Waals surface area contributed by atoms with Gasteiger partial charge in [0.25, 0.3) is 0 Å². The Morgan fingerprint density at radius 1 is 1.11 bits per heavy atom. The number of ketones is 1. The van der Waals surface area contributed by atoms with E-state index in [2.05, 4.69) is 20.9 Å². The van der Waals surface area contributed by atoms with Crippen LogP contribution in [-0.2, 0) is 6.18 Å². The third kappa shape index (κ3) is 3.20. The number of hydrogen-bond acceptors (Lipinski definition) is 2. The van der Waals surface area contributed by atoms with E-state index in [-0.39, 0.29) is 11.1 Å². The Hall–Kier alpha value is -1.69. The zero-order valence-corrected chi connectivity index (χ0v) is 11.0. The number of pyridine rings is 1. The lowest BCUT2D eigenvalue weighted by atomic mass is 10.0. The number of aromatic nitrogens is 1. The number of benzene rings is 1. The van der Waals surface area contributed by atoms with Crippen LogP contribution in [0.2, 0.25) is 0 Å². The van der Waals surface area contributed by atoms with E-state index in [1.54, 1.807) is 0 Å². The fourth-order valence-electron chi connectivity index (χ4n) is 1.54. The maximum atomic E-state index is 12.6. The number of carbonyl (C=O) groups excluding carboxylic acids is 1. The van der Waals surface area contributed by atoms with Crippen molar-refractivity contribution in [3.63, 3.8) is 0 Å². The molecule has 0 amide bonds. The summed E-state index contributed by atoms with van der Waals surface area (Å²) in [4.78, 5) is 15.9. The van der Waals surface area contributed by atoms with Crippen molar-refractivity contribution in [2.24, 2.45) is 0 Å². The van der Waals surface area contributed by atoms with Crippen LogP contribution in [-0.4, -0.2) is 10.8 Å². The summed E-state index contributed by atoms with van der Waals surface area (Å²) < 4.78 is 38.3. The van der Waals surface area contributed by atoms with Crippen molar-refractivity contribution in [2.75, 3.05) is 0 Å². The van der Waals surface area contributed by atoms with Gasteiger partial charge in [0.2, 0.25) is 0 Å². The number of carbonyl (C=O) groups is 1. The van der Waals surface area contributed by atoms with Crippen LogP contribution in [0.1, 0.15) is 21.5 Å². The minimum absolute atomic E-state index is 0.0188. The maximum Gasteiger partial charge on any atom is 0.416 e. The summed E-state index contributed by atoms with van der Waals surface area (Å²) in [6.07, 6.45) is -1.66. The van der Waals surface area contributed by atoms with Crippen LogP contribution in [0.3, 0.4) is 0 Å². The van der Waals surface area contributed by atoms with Gasteiger partial charge in [-0.15, -0.1) is 0 Å². The van der Waals surface area contributed by atoms with Crippen LogP contribution in [0.4, 0.5) is 13.2 Å². The quantitative estimate of drug-likeness (QED) is 0.776. The molecule has 1 aromatic heterocycles. The smallest absolute Gasteiger partial charge is 0.289 e. The topological polar surface area (TPSA) is 30.0 Å². The highest BCUT2D eigenvalue weighted by atomic mass is 79.9. The number of nitrogens with zero attached hydrogens (tertiary/aromatic N) is 1. The second-order valence-corrected chi connectivity index (χ2v) is 4.72. The molecule has 0 bridgehead atoms. The van der Waals surface area contributed by atoms with Gasteiger partial charge in [0.15, 0.2) is 5.78 Å². The number of hydrogen-bond donors (Lipinski definition) is 0. The Labute approximate surface area is 115 Å². The van der Waals surface area contributed by atoms with Gasteiger partial charge in [-0.2, -0.15) is 13.2 Å². The molecule has 0 radical (unpaired) electrons. The first-order valence-corrected chi connectivity index (χ1v) is 6.00. The Morgan fingerprint density at radius 2 is 1.84 bits per heavy atom. The first-order chi connectivity index (χ1) is 8.88. The average molecular weight is 330 g/mol. The average Bonchev–Trinajstić information content (AvgIpc) is 2.37. The Bertz CT molecular complexity index is 625. The SMILES string of the molecule is O=C(c1cncc(Br)c1)c1cccc(C(F)(F)F)c1. The highest BCUT2D eigenvalue weighted by Gasteiger charge is 2.30. The van der Waals surface area contributed by atoms with Gasteiger partial charge < -0.3 is 0 Å². The van der Waals surface area contributed by atoms with Gasteiger partial charge in [0.05, 0.1) is 5.56 Å². The molecule has 6 heteroatoms. The van der Waals surface area contributed by atoms with Crippen LogP contribution in [0.25, 0.3) is 0 Å². The van der Waals surface area contributed by atoms with E-state index < -0.39 is 17.5 Å². The van der Waals surface area contributed by atoms with Crippen molar-refractivity contribution in [2.45, 2.75) is 6.18 Å². The molecule has 2 rings (SSSR count). The highest BCUT2D eigenvalue weighted by Crippen LogP contribution is 2.30. The molecule has 0 fully saturated rings. The Balaban J connectivity index is 2.40. The lowest BCUT2D eigenvalue weighted by Gasteiger charge is -2.08. The normalized spacial score (nSPS) is 11.4. The van der Waals surface area contributed by atoms with Gasteiger partial charge in [-0.1, -0.05) is 12.1 Å². The lowest BCUT2D eigenvalue weighted by molar-refractivity contribution is -0.137. The molecule has 0 saturated heterocycles. The van der Waals surface area contributed by atoms with Gasteiger partial charge in [-0.25, -0.2) is 0 Å². The highest BCUT2D eigenvalue weighted by molar-refractivity contribution is 9.10. The van der Waals surface area contributed by atoms with Crippen LogP contribution < -0.4 is 0 Å². The fourth-order valence-corrected chi connectivity index (χ4v) is 1.90. The predicted octanol–water partition coefficient (Wildman–Crippen LogP) is 4.09. The van der Waals surface area contributed by atoms with Gasteiger partial charge in [-0.3, -0.25) is 9.78 Å². The molecule has 2 aromatic rings. The van der Waals surface area contributed by atoms with Crippen LogP contribution in [0, 0.1) is 0 Å². The van der Waals surface area contributed by atoms with Crippen LogP contribution >= 0.6 is 15.9 Å². The molecular weight excluding hydrogens is 323 g/mol. The summed E-state index contributed by atoms with van der Waals surface area (Å²) in [5, 5.41) is 0. The minimum atomic E-state index is -4.47. The van der Waals surface area contributed by atoms with E-state index in [1.165, 1.54) is 30.6 Å². The zero-order valence-electron chi connectivity index (χ0n) is 9.41. The summed E-state index contributed by atoms with van der Waals surface area (Å²) in [5.41, 5.74) is -0.635. The third-order valence-electron chi connectivity index (χ3n) is 2.42. The standard InChI is InChI=1S/C13H7BrF3NO/c14-11-5-9(6-18-7-11)12(19)8-2-1-3-10(4-8)13(15,16)17/h1-7H. The lowest BCUT2D eigenvalue weighted by Crippen LogP contribution is -2.08. The van der Waals surface area contributed by atoms with Crippen molar-refractivity contribution < 1.29 is 18.0 Å². The monoisotopic (exact) mass is 329 g/mol. The van der Waals surface area contributed by atoms with Gasteiger partial charge in [0, 0.05) is 28.0 Å². The van der Waals surface area contributed by atoms with Crippen molar-refractivity contribution in [3.05, 3.63) is 63.9 Å². The molecule has 0 saturated carbocycles. The van der Waals surface area contributed by atoms with Crippen molar-refractivity contribution in [3.8, 4) is 0 Å². The minimum Gasteiger partial charge on any atom is -0.289 e. The number of rotatable bonds is 2. The number of halogens is 4. The van der Waals surface area contributed by atoms with Crippen molar-refractivity contribution >= 4 is 21.7 Å². The third-order valence-corrected chi connectivity index (χ3v) is 2.85. The van der Waals surface area contributed by atoms with E-state index in [0.717, 1.165) is 12.1 Å². The molecule has 1 aromatic carbocycles. The summed E-state index contributed by atoms with van der Waals surface area (Å²) in [6, 6.07) is 5.83. The predicted molar refractivity (Wildman–Crippen MR) is 66.8 cm³/mol. The maximum absolute atomic E-state index is 12.6. The van der Waals surface area contributed by atoms with E-state index in [9.17, 15) is 18.0 Å². The first kappa shape index (κ1) is 13.7. The van der Waals surface area contributed by atoms with Crippen molar-refractivity contribution in [1.82, 2.24) is 4.98 Å². The zero-order chi connectivity index (χ0) is 14.0. The largest absolute Gasteiger partial charge is 0.416 e. The summed E-state index contributed by atoms with van der Waals surface area (Å²) >= 11 is 3.15. The molecule has 0 atom stereocenters. The first-order valence-electron chi connectivity index (χ1n) is 5.20. The molecule has 1 heterocycles. The second kappa shape index (κ2) is 5.13. The molecule has 2 nitrogen and oxygen atoms in total. The molecule has 0 N–H and O–H groups in total.